The summed E-state index contributed by atoms with van der Waals surface area (Å²) in [6, 6.07) is 8.22. The standard InChI is InChI=1S/C17H16F3N4O2P/c1-27(2,26)15(12-4-3-9-21-10-12)22-14(25)11-5-7-13(8-6-11)16(23-24-16)17(18,19)20/h3-10,15H,1-2H3,(H,22,25)/t15-/m1/s1. The predicted molar refractivity (Wildman–Crippen MR) is 92.9 cm³/mol. The van der Waals surface area contributed by atoms with Gasteiger partial charge in [0.2, 0.25) is 0 Å². The number of pyridine rings is 1. The van der Waals surface area contributed by atoms with Crippen molar-refractivity contribution < 1.29 is 22.5 Å². The average Bonchev–Trinajstić information content (AvgIpc) is 3.41. The van der Waals surface area contributed by atoms with Gasteiger partial charge < -0.3 is 9.88 Å². The molecule has 2 aromatic rings. The van der Waals surface area contributed by atoms with Crippen LogP contribution in [0.1, 0.15) is 27.3 Å². The number of hydrogen-bond acceptors (Lipinski definition) is 5. The molecule has 1 aliphatic heterocycles. The molecule has 0 fully saturated rings. The topological polar surface area (TPSA) is 83.8 Å². The lowest BCUT2D eigenvalue weighted by molar-refractivity contribution is -0.166. The zero-order chi connectivity index (χ0) is 19.9. The predicted octanol–water partition coefficient (Wildman–Crippen LogP) is 4.31. The summed E-state index contributed by atoms with van der Waals surface area (Å²) in [6.45, 7) is 3.08. The van der Waals surface area contributed by atoms with Crippen molar-refractivity contribution >= 4 is 13.0 Å². The molecule has 27 heavy (non-hydrogen) atoms. The minimum absolute atomic E-state index is 0.138. The van der Waals surface area contributed by atoms with Gasteiger partial charge in [0.25, 0.3) is 5.91 Å². The molecule has 0 saturated heterocycles. The Morgan fingerprint density at radius 2 is 1.78 bits per heavy atom. The van der Waals surface area contributed by atoms with Crippen LogP contribution in [-0.2, 0) is 10.2 Å². The zero-order valence-electron chi connectivity index (χ0n) is 14.4. The number of carbonyl (C=O) groups excluding carboxylic acids is 1. The number of hydrogen-bond donors (Lipinski definition) is 1. The van der Waals surface area contributed by atoms with Crippen LogP contribution in [0.4, 0.5) is 13.2 Å². The zero-order valence-corrected chi connectivity index (χ0v) is 15.3. The normalized spacial score (nSPS) is 16.6. The third kappa shape index (κ3) is 3.78. The first-order chi connectivity index (χ1) is 12.5. The maximum atomic E-state index is 13.0. The van der Waals surface area contributed by atoms with Crippen LogP contribution in [0.25, 0.3) is 0 Å². The number of carbonyl (C=O) groups is 1. The number of amides is 1. The van der Waals surface area contributed by atoms with Crippen LogP contribution in [0.15, 0.2) is 59.0 Å². The molecular weight excluding hydrogens is 380 g/mol. The summed E-state index contributed by atoms with van der Waals surface area (Å²) in [7, 11) is -2.77. The third-order valence-electron chi connectivity index (χ3n) is 4.13. The van der Waals surface area contributed by atoms with Gasteiger partial charge in [-0.3, -0.25) is 9.78 Å². The summed E-state index contributed by atoms with van der Waals surface area (Å²) >= 11 is 0. The van der Waals surface area contributed by atoms with Crippen LogP contribution < -0.4 is 5.32 Å². The van der Waals surface area contributed by atoms with Crippen LogP contribution in [0, 0.1) is 0 Å². The number of nitrogens with one attached hydrogen (secondary N) is 1. The van der Waals surface area contributed by atoms with Crippen LogP contribution in [0.5, 0.6) is 0 Å². The van der Waals surface area contributed by atoms with Crippen LogP contribution in [0.2, 0.25) is 0 Å². The fourth-order valence-electron chi connectivity index (χ4n) is 2.64. The Balaban J connectivity index is 1.81. The van der Waals surface area contributed by atoms with Gasteiger partial charge in [0.05, 0.1) is 0 Å². The number of halogens is 3. The van der Waals surface area contributed by atoms with E-state index in [0.29, 0.717) is 5.56 Å². The molecule has 1 N–H and O–H groups in total. The van der Waals surface area contributed by atoms with E-state index in [2.05, 4.69) is 20.5 Å². The molecule has 0 saturated carbocycles. The lowest BCUT2D eigenvalue weighted by Gasteiger charge is -2.23. The van der Waals surface area contributed by atoms with Crippen LogP contribution in [0.3, 0.4) is 0 Å². The summed E-state index contributed by atoms with van der Waals surface area (Å²) in [5.41, 5.74) is -1.96. The quantitative estimate of drug-likeness (QED) is 0.765. The Labute approximate surface area is 153 Å². The molecule has 1 aromatic heterocycles. The fraction of sp³-hybridized carbons (Fsp3) is 0.294. The van der Waals surface area contributed by atoms with E-state index in [1.807, 2.05) is 0 Å². The van der Waals surface area contributed by atoms with Gasteiger partial charge >= 0.3 is 11.8 Å². The number of nitrogens with zero attached hydrogens (tertiary/aromatic N) is 3. The molecule has 0 spiro atoms. The van der Waals surface area contributed by atoms with E-state index in [0.717, 1.165) is 0 Å². The van der Waals surface area contributed by atoms with Crippen LogP contribution >= 0.6 is 7.14 Å². The smallest absolute Gasteiger partial charge is 0.338 e. The molecule has 2 heterocycles. The second-order valence-corrected chi connectivity index (χ2v) is 9.93. The maximum Gasteiger partial charge on any atom is 0.442 e. The molecule has 6 nitrogen and oxygen atoms in total. The van der Waals surface area contributed by atoms with Gasteiger partial charge in [0, 0.05) is 29.1 Å². The monoisotopic (exact) mass is 396 g/mol. The van der Waals surface area contributed by atoms with Crippen molar-refractivity contribution in [2.75, 3.05) is 13.3 Å². The molecule has 10 heteroatoms. The van der Waals surface area contributed by atoms with Crippen molar-refractivity contribution in [1.29, 1.82) is 0 Å². The summed E-state index contributed by atoms with van der Waals surface area (Å²) < 4.78 is 51.7. The van der Waals surface area contributed by atoms with E-state index in [-0.39, 0.29) is 11.1 Å². The van der Waals surface area contributed by atoms with E-state index >= 15 is 0 Å². The molecular formula is C17H16F3N4O2P. The molecule has 0 aliphatic carbocycles. The first-order valence-corrected chi connectivity index (χ1v) is 10.6. The second-order valence-electron chi connectivity index (χ2n) is 6.54. The lowest BCUT2D eigenvalue weighted by Crippen LogP contribution is -2.30. The van der Waals surface area contributed by atoms with Crippen molar-refractivity contribution in [2.45, 2.75) is 17.6 Å². The van der Waals surface area contributed by atoms with Crippen molar-refractivity contribution in [3.05, 3.63) is 65.5 Å². The molecule has 0 bridgehead atoms. The Morgan fingerprint density at radius 1 is 1.15 bits per heavy atom. The molecule has 142 valence electrons. The average molecular weight is 396 g/mol. The van der Waals surface area contributed by atoms with Crippen molar-refractivity contribution in [1.82, 2.24) is 10.3 Å². The second kappa shape index (κ2) is 6.56. The number of alkyl halides is 3. The highest BCUT2D eigenvalue weighted by atomic mass is 31.2. The van der Waals surface area contributed by atoms with E-state index in [1.165, 1.54) is 43.8 Å². The van der Waals surface area contributed by atoms with Crippen LogP contribution in [-0.4, -0.2) is 30.4 Å². The summed E-state index contributed by atoms with van der Waals surface area (Å²) in [5.74, 6) is -1.31. The van der Waals surface area contributed by atoms with Gasteiger partial charge in [-0.15, -0.1) is 10.2 Å². The molecule has 1 aliphatic rings. The maximum absolute atomic E-state index is 13.0. The summed E-state index contributed by atoms with van der Waals surface area (Å²) in [6.07, 6.45) is -1.56. The highest BCUT2D eigenvalue weighted by Crippen LogP contribution is 2.52. The largest absolute Gasteiger partial charge is 0.442 e. The number of rotatable bonds is 5. The van der Waals surface area contributed by atoms with E-state index < -0.39 is 30.7 Å². The minimum atomic E-state index is -4.63. The van der Waals surface area contributed by atoms with Crippen molar-refractivity contribution in [2.24, 2.45) is 10.2 Å². The summed E-state index contributed by atoms with van der Waals surface area (Å²) in [4.78, 5) is 16.5. The van der Waals surface area contributed by atoms with E-state index in [1.54, 1.807) is 18.3 Å². The van der Waals surface area contributed by atoms with Gasteiger partial charge in [0.1, 0.15) is 12.9 Å². The van der Waals surface area contributed by atoms with Gasteiger partial charge in [-0.2, -0.15) is 13.2 Å². The Bertz CT molecular complexity index is 917. The van der Waals surface area contributed by atoms with Gasteiger partial charge in [-0.1, -0.05) is 18.2 Å². The van der Waals surface area contributed by atoms with E-state index in [4.69, 9.17) is 0 Å². The molecule has 0 radical (unpaired) electrons. The van der Waals surface area contributed by atoms with Gasteiger partial charge in [-0.25, -0.2) is 0 Å². The molecule has 3 rings (SSSR count). The molecule has 1 aromatic carbocycles. The first-order valence-electron chi connectivity index (χ1n) is 7.91. The van der Waals surface area contributed by atoms with E-state index in [9.17, 15) is 22.5 Å². The molecule has 1 amide bonds. The molecule has 0 unspecified atom stereocenters. The minimum Gasteiger partial charge on any atom is -0.338 e. The van der Waals surface area contributed by atoms with Crippen molar-refractivity contribution in [3.63, 3.8) is 0 Å². The fourth-order valence-corrected chi connectivity index (χ4v) is 3.94. The highest BCUT2D eigenvalue weighted by Gasteiger charge is 2.65. The third-order valence-corrected chi connectivity index (χ3v) is 5.81. The Hall–Kier alpha value is -2.54. The van der Waals surface area contributed by atoms with Crippen molar-refractivity contribution in [3.8, 4) is 0 Å². The highest BCUT2D eigenvalue weighted by molar-refractivity contribution is 7.62. The Kier molecular flexibility index (Phi) is 4.67. The summed E-state index contributed by atoms with van der Waals surface area (Å²) in [5, 5.41) is 8.93. The molecule has 1 atom stereocenters. The lowest BCUT2D eigenvalue weighted by atomic mass is 10.0. The Morgan fingerprint density at radius 3 is 2.22 bits per heavy atom. The van der Waals surface area contributed by atoms with Gasteiger partial charge in [-0.05, 0) is 31.5 Å². The first kappa shape index (κ1) is 19.2. The number of aromatic nitrogens is 1. The SMILES string of the molecule is CP(C)(=O)[C@@H](NC(=O)c1ccc(C2(C(F)(F)F)N=N2)cc1)c1cccnc1. The van der Waals surface area contributed by atoms with Gasteiger partial charge in [0.15, 0.2) is 0 Å². The number of benzene rings is 1.